The Labute approximate surface area is 182 Å². The molecule has 7 nitrogen and oxygen atoms in total. The average Bonchev–Trinajstić information content (AvgIpc) is 3.37. The number of halogens is 1. The fourth-order valence-electron chi connectivity index (χ4n) is 3.29. The van der Waals surface area contributed by atoms with Crippen LogP contribution in [0.5, 0.6) is 0 Å². The molecule has 0 radical (unpaired) electrons. The highest BCUT2D eigenvalue weighted by Gasteiger charge is 2.36. The van der Waals surface area contributed by atoms with E-state index < -0.39 is 11.1 Å². The first-order chi connectivity index (χ1) is 14.4. The molecule has 3 heterocycles. The fraction of sp³-hybridized carbons (Fsp3) is 0.190. The number of nitrogens with one attached hydrogen (secondary N) is 2. The van der Waals surface area contributed by atoms with Gasteiger partial charge in [-0.25, -0.2) is 0 Å². The molecule has 1 aromatic carbocycles. The predicted octanol–water partition coefficient (Wildman–Crippen LogP) is 3.56. The van der Waals surface area contributed by atoms with Crippen molar-refractivity contribution in [2.24, 2.45) is 7.05 Å². The Balaban J connectivity index is 1.34. The molecule has 4 rings (SSSR count). The van der Waals surface area contributed by atoms with E-state index in [0.29, 0.717) is 22.9 Å². The molecule has 30 heavy (non-hydrogen) atoms. The third-order valence-corrected chi connectivity index (χ3v) is 6.03. The van der Waals surface area contributed by atoms with Gasteiger partial charge in [-0.1, -0.05) is 11.6 Å². The molecule has 0 unspecified atom stereocenters. The molecule has 0 bridgehead atoms. The van der Waals surface area contributed by atoms with E-state index in [4.69, 9.17) is 11.6 Å². The van der Waals surface area contributed by atoms with Crippen LogP contribution < -0.4 is 5.32 Å². The normalized spacial score (nSPS) is 15.5. The minimum Gasteiger partial charge on any atom is -0.361 e. The smallest absolute Gasteiger partial charge is 0.294 e. The molecule has 1 fully saturated rings. The quantitative estimate of drug-likeness (QED) is 0.571. The molecule has 1 aliphatic heterocycles. The number of aromatic nitrogens is 2. The van der Waals surface area contributed by atoms with E-state index in [1.165, 1.54) is 0 Å². The highest BCUT2D eigenvalue weighted by atomic mass is 35.5. The van der Waals surface area contributed by atoms with Gasteiger partial charge >= 0.3 is 0 Å². The summed E-state index contributed by atoms with van der Waals surface area (Å²) in [6, 6.07) is 9.30. The molecule has 3 aromatic rings. The summed E-state index contributed by atoms with van der Waals surface area (Å²) in [5.74, 6) is -0.831. The summed E-state index contributed by atoms with van der Waals surface area (Å²) in [5, 5.41) is 3.99. The summed E-state index contributed by atoms with van der Waals surface area (Å²) in [6.07, 6.45) is 6.00. The van der Waals surface area contributed by atoms with Crippen LogP contribution in [-0.4, -0.2) is 44.6 Å². The molecule has 2 aromatic heterocycles. The lowest BCUT2D eigenvalue weighted by Gasteiger charge is -2.12. The number of amides is 3. The number of hydrogen-bond acceptors (Lipinski definition) is 4. The monoisotopic (exact) mass is 442 g/mol. The van der Waals surface area contributed by atoms with E-state index in [-0.39, 0.29) is 12.5 Å². The summed E-state index contributed by atoms with van der Waals surface area (Å²) in [4.78, 5) is 41.5. The number of aromatic amines is 1. The van der Waals surface area contributed by atoms with Crippen molar-refractivity contribution in [3.63, 3.8) is 0 Å². The maximum Gasteiger partial charge on any atom is 0.294 e. The zero-order chi connectivity index (χ0) is 21.3. The molecule has 0 aliphatic carbocycles. The van der Waals surface area contributed by atoms with Gasteiger partial charge in [0.05, 0.1) is 4.91 Å². The SMILES string of the molecule is Cn1cccc1C=C1SC(=O)N(CC(=O)NCCc2c[nH]c3ccc(Cl)cc23)C1=O. The van der Waals surface area contributed by atoms with Crippen LogP contribution in [-0.2, 0) is 23.1 Å². The van der Waals surface area contributed by atoms with Crippen LogP contribution in [0.1, 0.15) is 11.3 Å². The van der Waals surface area contributed by atoms with Crippen molar-refractivity contribution in [2.45, 2.75) is 6.42 Å². The second-order valence-electron chi connectivity index (χ2n) is 6.92. The number of imide groups is 1. The molecule has 9 heteroatoms. The summed E-state index contributed by atoms with van der Waals surface area (Å²) >= 11 is 6.90. The van der Waals surface area contributed by atoms with Crippen molar-refractivity contribution >= 4 is 57.4 Å². The van der Waals surface area contributed by atoms with Gasteiger partial charge in [0, 0.05) is 47.6 Å². The fourth-order valence-corrected chi connectivity index (χ4v) is 4.28. The van der Waals surface area contributed by atoms with E-state index >= 15 is 0 Å². The van der Waals surface area contributed by atoms with Crippen molar-refractivity contribution in [1.29, 1.82) is 0 Å². The van der Waals surface area contributed by atoms with Gasteiger partial charge in [-0.2, -0.15) is 0 Å². The van der Waals surface area contributed by atoms with Gasteiger partial charge in [0.25, 0.3) is 11.1 Å². The van der Waals surface area contributed by atoms with Crippen LogP contribution in [0.15, 0.2) is 47.6 Å². The van der Waals surface area contributed by atoms with Crippen LogP contribution >= 0.6 is 23.4 Å². The molecular formula is C21H19ClN4O3S. The minimum atomic E-state index is -0.451. The molecule has 1 saturated heterocycles. The number of carbonyl (C=O) groups is 3. The number of carbonyl (C=O) groups excluding carboxylic acids is 3. The van der Waals surface area contributed by atoms with Gasteiger partial charge in [-0.05, 0) is 60.2 Å². The maximum atomic E-state index is 12.5. The van der Waals surface area contributed by atoms with Gasteiger partial charge in [-0.3, -0.25) is 19.3 Å². The zero-order valence-electron chi connectivity index (χ0n) is 16.1. The van der Waals surface area contributed by atoms with E-state index in [9.17, 15) is 14.4 Å². The lowest BCUT2D eigenvalue weighted by molar-refractivity contribution is -0.129. The molecule has 1 aliphatic rings. The van der Waals surface area contributed by atoms with Crippen molar-refractivity contribution in [3.05, 3.63) is 63.9 Å². The highest BCUT2D eigenvalue weighted by Crippen LogP contribution is 2.32. The number of benzene rings is 1. The number of fused-ring (bicyclic) bond motifs is 1. The van der Waals surface area contributed by atoms with Crippen LogP contribution in [0.3, 0.4) is 0 Å². The number of hydrogen-bond donors (Lipinski definition) is 2. The van der Waals surface area contributed by atoms with Crippen LogP contribution in [0, 0.1) is 0 Å². The van der Waals surface area contributed by atoms with Crippen LogP contribution in [0.2, 0.25) is 5.02 Å². The molecule has 0 atom stereocenters. The molecule has 154 valence electrons. The number of nitrogens with zero attached hydrogens (tertiary/aromatic N) is 2. The molecule has 2 N–H and O–H groups in total. The number of aryl methyl sites for hydroxylation is 1. The number of rotatable bonds is 6. The van der Waals surface area contributed by atoms with Crippen LogP contribution in [0.4, 0.5) is 4.79 Å². The summed E-state index contributed by atoms with van der Waals surface area (Å²) in [6.45, 7) is 0.0859. The van der Waals surface area contributed by atoms with Crippen LogP contribution in [0.25, 0.3) is 17.0 Å². The number of thioether (sulfide) groups is 1. The first-order valence-corrected chi connectivity index (χ1v) is 10.5. The maximum absolute atomic E-state index is 12.5. The lowest BCUT2D eigenvalue weighted by Crippen LogP contribution is -2.40. The summed E-state index contributed by atoms with van der Waals surface area (Å²) in [5.41, 5.74) is 2.82. The topological polar surface area (TPSA) is 87.2 Å². The van der Waals surface area contributed by atoms with Crippen molar-refractivity contribution in [3.8, 4) is 0 Å². The van der Waals surface area contributed by atoms with Gasteiger partial charge in [-0.15, -0.1) is 0 Å². The van der Waals surface area contributed by atoms with Crippen molar-refractivity contribution in [1.82, 2.24) is 19.8 Å². The lowest BCUT2D eigenvalue weighted by atomic mass is 10.1. The van der Waals surface area contributed by atoms with E-state index in [2.05, 4.69) is 10.3 Å². The standard InChI is InChI=1S/C21H19ClN4O3S/c1-25-8-2-3-15(25)10-18-20(28)26(21(29)30-18)12-19(27)23-7-6-13-11-24-17-5-4-14(22)9-16(13)17/h2-5,8-11,24H,6-7,12H2,1H3,(H,23,27). The Morgan fingerprint density at radius 1 is 1.30 bits per heavy atom. The molecular weight excluding hydrogens is 424 g/mol. The minimum absolute atomic E-state index is 0.297. The van der Waals surface area contributed by atoms with Gasteiger partial charge in [0.1, 0.15) is 6.54 Å². The van der Waals surface area contributed by atoms with Gasteiger partial charge in [0.2, 0.25) is 5.91 Å². The zero-order valence-corrected chi connectivity index (χ0v) is 17.7. The van der Waals surface area contributed by atoms with E-state index in [0.717, 1.165) is 38.8 Å². The predicted molar refractivity (Wildman–Crippen MR) is 118 cm³/mol. The summed E-state index contributed by atoms with van der Waals surface area (Å²) in [7, 11) is 1.85. The molecule has 0 saturated carbocycles. The Kier molecular flexibility index (Phi) is 5.69. The third kappa shape index (κ3) is 4.15. The molecule has 0 spiro atoms. The average molecular weight is 443 g/mol. The van der Waals surface area contributed by atoms with Crippen molar-refractivity contribution < 1.29 is 14.4 Å². The van der Waals surface area contributed by atoms with Crippen molar-refractivity contribution in [2.75, 3.05) is 13.1 Å². The first kappa shape index (κ1) is 20.3. The molecule has 3 amide bonds. The summed E-state index contributed by atoms with van der Waals surface area (Å²) < 4.78 is 1.85. The van der Waals surface area contributed by atoms with Gasteiger partial charge < -0.3 is 14.9 Å². The Morgan fingerprint density at radius 2 is 2.13 bits per heavy atom. The third-order valence-electron chi connectivity index (χ3n) is 4.88. The Bertz CT molecular complexity index is 1180. The first-order valence-electron chi connectivity index (χ1n) is 9.31. The Hall–Kier alpha value is -2.97. The Morgan fingerprint density at radius 3 is 2.90 bits per heavy atom. The largest absolute Gasteiger partial charge is 0.361 e. The van der Waals surface area contributed by atoms with E-state index in [1.807, 2.05) is 54.3 Å². The second kappa shape index (κ2) is 8.41. The van der Waals surface area contributed by atoms with Gasteiger partial charge in [0.15, 0.2) is 0 Å². The number of H-pyrrole nitrogens is 1. The van der Waals surface area contributed by atoms with E-state index in [1.54, 1.807) is 6.08 Å². The second-order valence-corrected chi connectivity index (χ2v) is 8.35. The highest BCUT2D eigenvalue weighted by molar-refractivity contribution is 8.18.